The van der Waals surface area contributed by atoms with Crippen LogP contribution in [0.15, 0.2) is 60.7 Å². The summed E-state index contributed by atoms with van der Waals surface area (Å²) in [6.07, 6.45) is 14.1. The number of hydrogen-bond donors (Lipinski definition) is 0. The molecule has 30 heavy (non-hydrogen) atoms. The Balaban J connectivity index is 1.73. The first-order valence-electron chi connectivity index (χ1n) is 12.0. The van der Waals surface area contributed by atoms with Crippen LogP contribution in [0.5, 0.6) is 0 Å². The van der Waals surface area contributed by atoms with Gasteiger partial charge in [-0.25, -0.2) is 0 Å². The van der Waals surface area contributed by atoms with Crippen LogP contribution in [0.4, 0.5) is 0 Å². The molecule has 152 valence electrons. The molecule has 0 heterocycles. The molecule has 3 unspecified atom stereocenters. The topological polar surface area (TPSA) is 0 Å². The average molecular weight is 407 g/mol. The van der Waals surface area contributed by atoms with Crippen molar-refractivity contribution in [2.75, 3.05) is 0 Å². The zero-order valence-electron chi connectivity index (χ0n) is 19.5. The van der Waals surface area contributed by atoms with Gasteiger partial charge in [-0.05, 0) is 0 Å². The number of unbranched alkanes of at least 4 members (excludes halogenated alkanes) is 1. The molecule has 2 heteroatoms. The first-order valence-corrected chi connectivity index (χ1v) is 15.1. The van der Waals surface area contributed by atoms with Gasteiger partial charge < -0.3 is 0 Å². The fourth-order valence-corrected chi connectivity index (χ4v) is 9.60. The normalized spacial score (nSPS) is 23.3. The second-order valence-corrected chi connectivity index (χ2v) is 15.3. The second kappa shape index (κ2) is 8.70. The van der Waals surface area contributed by atoms with Gasteiger partial charge in [0.25, 0.3) is 0 Å². The van der Waals surface area contributed by atoms with Crippen LogP contribution < -0.4 is 0 Å². The van der Waals surface area contributed by atoms with Gasteiger partial charge in [0.15, 0.2) is 0 Å². The Hall–Kier alpha value is -1.27. The standard InChI is InChI=1S/C28H35Si.Li/c1-5-7-12-21(6-2)19-23-20-28(26-16-11-10-14-24(23)26)29(3,4)27-18-17-22-13-8-9-15-25(22)27;/h8-11,13-18,20-21,27H,5-7,12,19H2,1-4H3;. The number of rotatable bonds is 8. The summed E-state index contributed by atoms with van der Waals surface area (Å²) >= 11 is 2.55. The molecule has 0 fully saturated rings. The summed E-state index contributed by atoms with van der Waals surface area (Å²) in [5.41, 5.74) is 8.28. The third-order valence-corrected chi connectivity index (χ3v) is 13.4. The van der Waals surface area contributed by atoms with E-state index in [-0.39, 0.29) is 3.71 Å². The Morgan fingerprint density at radius 3 is 2.53 bits per heavy atom. The predicted molar refractivity (Wildman–Crippen MR) is 135 cm³/mol. The summed E-state index contributed by atoms with van der Waals surface area (Å²) in [7, 11) is -1.76. The fourth-order valence-electron chi connectivity index (χ4n) is 5.88. The van der Waals surface area contributed by atoms with Crippen LogP contribution in [0.25, 0.3) is 11.6 Å². The third-order valence-electron chi connectivity index (χ3n) is 8.26. The molecule has 0 bridgehead atoms. The van der Waals surface area contributed by atoms with E-state index in [0.29, 0.717) is 5.54 Å². The van der Waals surface area contributed by atoms with E-state index in [1.807, 2.05) is 0 Å². The number of benzene rings is 2. The monoisotopic (exact) mass is 406 g/mol. The molecule has 0 radical (unpaired) electrons. The quantitative estimate of drug-likeness (QED) is 0.395. The van der Waals surface area contributed by atoms with Gasteiger partial charge >= 0.3 is 195 Å². The van der Waals surface area contributed by atoms with E-state index >= 15 is 0 Å². The van der Waals surface area contributed by atoms with Crippen LogP contribution in [-0.4, -0.2) is 25.8 Å². The summed E-state index contributed by atoms with van der Waals surface area (Å²) in [6.45, 7) is 9.93. The molecule has 2 aliphatic carbocycles. The van der Waals surface area contributed by atoms with Crippen molar-refractivity contribution in [3.63, 3.8) is 0 Å². The van der Waals surface area contributed by atoms with E-state index in [0.717, 1.165) is 5.92 Å². The van der Waals surface area contributed by atoms with Crippen molar-refractivity contribution < 1.29 is 0 Å². The molecule has 2 aromatic carbocycles. The minimum atomic E-state index is -1.76. The molecule has 2 aliphatic rings. The molecule has 0 amide bonds. The summed E-state index contributed by atoms with van der Waals surface area (Å²) in [6, 6.07) is 18.3. The van der Waals surface area contributed by atoms with Crippen LogP contribution in [0.2, 0.25) is 13.1 Å². The Morgan fingerprint density at radius 1 is 1.03 bits per heavy atom. The predicted octanol–water partition coefficient (Wildman–Crippen LogP) is 7.65. The Morgan fingerprint density at radius 2 is 1.77 bits per heavy atom. The number of fused-ring (bicyclic) bond motifs is 2. The van der Waals surface area contributed by atoms with Gasteiger partial charge in [0.2, 0.25) is 0 Å². The first-order chi connectivity index (χ1) is 14.4. The van der Waals surface area contributed by atoms with Crippen molar-refractivity contribution in [2.45, 2.75) is 68.3 Å². The van der Waals surface area contributed by atoms with E-state index < -0.39 is 8.07 Å². The van der Waals surface area contributed by atoms with Crippen LogP contribution in [0.3, 0.4) is 0 Å². The average Bonchev–Trinajstić information content (AvgIpc) is 3.32. The van der Waals surface area contributed by atoms with Gasteiger partial charge in [-0.3, -0.25) is 0 Å². The van der Waals surface area contributed by atoms with E-state index in [1.165, 1.54) is 43.2 Å². The Labute approximate surface area is 194 Å². The molecule has 2 aromatic rings. The summed E-state index contributed by atoms with van der Waals surface area (Å²) < 4.78 is 0.161. The van der Waals surface area contributed by atoms with Gasteiger partial charge in [0.05, 0.1) is 0 Å². The summed E-state index contributed by atoms with van der Waals surface area (Å²) in [4.78, 5) is 0. The fraction of sp³-hybridized carbons (Fsp3) is 0.429. The molecule has 0 aliphatic heterocycles. The van der Waals surface area contributed by atoms with Gasteiger partial charge in [0.1, 0.15) is 0 Å². The van der Waals surface area contributed by atoms with Crippen molar-refractivity contribution >= 4 is 37.4 Å². The van der Waals surface area contributed by atoms with Crippen LogP contribution >= 0.6 is 0 Å². The minimum absolute atomic E-state index is 0.161. The molecule has 0 N–H and O–H groups in total. The first kappa shape index (κ1) is 21.9. The van der Waals surface area contributed by atoms with Gasteiger partial charge in [-0.15, -0.1) is 0 Å². The van der Waals surface area contributed by atoms with Crippen LogP contribution in [-0.2, 0) is 3.71 Å². The Bertz CT molecular complexity index is 970. The van der Waals surface area contributed by atoms with Crippen molar-refractivity contribution in [2.24, 2.45) is 5.92 Å². The SMILES string of the molecule is [Li][C]1([Si](C)(C)C2C=Cc3ccccc32)C=C(CC(CC)CCCC)c2ccccc21. The van der Waals surface area contributed by atoms with Crippen LogP contribution in [0, 0.1) is 5.92 Å². The molecule has 3 atom stereocenters. The van der Waals surface area contributed by atoms with Gasteiger partial charge in [-0.2, -0.15) is 0 Å². The van der Waals surface area contributed by atoms with E-state index in [4.69, 9.17) is 0 Å². The van der Waals surface area contributed by atoms with Gasteiger partial charge in [0, 0.05) is 0 Å². The van der Waals surface area contributed by atoms with E-state index in [2.05, 4.69) is 111 Å². The van der Waals surface area contributed by atoms with E-state index in [9.17, 15) is 0 Å². The zero-order valence-corrected chi connectivity index (χ0v) is 20.5. The maximum absolute atomic E-state index is 2.72. The molecule has 0 saturated carbocycles. The van der Waals surface area contributed by atoms with Crippen molar-refractivity contribution in [1.82, 2.24) is 0 Å². The number of hydrogen-bond acceptors (Lipinski definition) is 0. The second-order valence-electron chi connectivity index (χ2n) is 10.2. The molecule has 0 aromatic heterocycles. The van der Waals surface area contributed by atoms with Gasteiger partial charge in [-0.1, -0.05) is 0 Å². The van der Waals surface area contributed by atoms with Crippen molar-refractivity contribution in [3.8, 4) is 0 Å². The zero-order chi connectivity index (χ0) is 21.4. The molecule has 0 saturated heterocycles. The van der Waals surface area contributed by atoms with Crippen molar-refractivity contribution in [1.29, 1.82) is 0 Å². The molecular formula is C28H35LiSi. The molecular weight excluding hydrogens is 371 g/mol. The number of allylic oxidation sites excluding steroid dienone is 3. The molecule has 4 rings (SSSR count). The maximum atomic E-state index is 2.72. The van der Waals surface area contributed by atoms with Crippen molar-refractivity contribution in [3.05, 3.63) is 82.9 Å². The van der Waals surface area contributed by atoms with Crippen LogP contribution in [0.1, 0.15) is 73.7 Å². The molecule has 0 nitrogen and oxygen atoms in total. The Kier molecular flexibility index (Phi) is 6.36. The third kappa shape index (κ3) is 3.64. The molecule has 0 spiro atoms. The van der Waals surface area contributed by atoms with E-state index in [1.54, 1.807) is 16.7 Å². The summed E-state index contributed by atoms with van der Waals surface area (Å²) in [5.74, 6) is 0.809. The summed E-state index contributed by atoms with van der Waals surface area (Å²) in [5, 5.41) is 0.